The van der Waals surface area contributed by atoms with Crippen molar-refractivity contribution >= 4 is 6.03 Å². The zero-order valence-corrected chi connectivity index (χ0v) is 12.4. The van der Waals surface area contributed by atoms with Crippen molar-refractivity contribution in [3.63, 3.8) is 0 Å². The number of amides is 2. The summed E-state index contributed by atoms with van der Waals surface area (Å²) in [7, 11) is 0. The van der Waals surface area contributed by atoms with Crippen LogP contribution in [0.25, 0.3) is 0 Å². The van der Waals surface area contributed by atoms with E-state index in [0.717, 1.165) is 32.5 Å². The third kappa shape index (κ3) is 3.04. The molecule has 0 bridgehead atoms. The Balaban J connectivity index is 1.65. The molecule has 1 unspecified atom stereocenters. The van der Waals surface area contributed by atoms with Crippen LogP contribution in [0.2, 0.25) is 0 Å². The van der Waals surface area contributed by atoms with Gasteiger partial charge in [0.05, 0.1) is 11.6 Å². The number of piperidine rings is 1. The molecule has 2 saturated heterocycles. The number of nitrogens with one attached hydrogen (secondary N) is 1. The van der Waals surface area contributed by atoms with E-state index < -0.39 is 0 Å². The highest BCUT2D eigenvalue weighted by atomic mass is 19.1. The zero-order valence-electron chi connectivity index (χ0n) is 12.4. The first kappa shape index (κ1) is 14.8. The second kappa shape index (κ2) is 6.32. The van der Waals surface area contributed by atoms with E-state index in [4.69, 9.17) is 5.26 Å². The van der Waals surface area contributed by atoms with Crippen molar-refractivity contribution in [3.05, 3.63) is 35.1 Å². The number of carbonyl (C=O) groups excluding carboxylic acids is 1. The van der Waals surface area contributed by atoms with Crippen LogP contribution >= 0.6 is 0 Å². The average Bonchev–Trinajstić information content (AvgIpc) is 2.96. The number of nitrogens with zero attached hydrogens (tertiary/aromatic N) is 3. The van der Waals surface area contributed by atoms with Gasteiger partial charge in [-0.2, -0.15) is 5.26 Å². The third-order valence-corrected chi connectivity index (χ3v) is 4.39. The van der Waals surface area contributed by atoms with E-state index in [9.17, 15) is 9.18 Å². The van der Waals surface area contributed by atoms with Crippen LogP contribution in [0, 0.1) is 17.1 Å². The summed E-state index contributed by atoms with van der Waals surface area (Å²) >= 11 is 0. The first-order valence-electron chi connectivity index (χ1n) is 7.63. The summed E-state index contributed by atoms with van der Waals surface area (Å²) < 4.78 is 14.0. The Kier molecular flexibility index (Phi) is 4.25. The normalized spacial score (nSPS) is 22.5. The molecule has 0 aromatic heterocycles. The molecule has 6 heteroatoms. The van der Waals surface area contributed by atoms with E-state index in [0.29, 0.717) is 24.2 Å². The summed E-state index contributed by atoms with van der Waals surface area (Å²) in [6, 6.07) is 6.77. The molecule has 1 aromatic rings. The molecule has 0 aliphatic carbocycles. The Morgan fingerprint density at radius 3 is 2.95 bits per heavy atom. The molecule has 2 amide bonds. The van der Waals surface area contributed by atoms with Crippen molar-refractivity contribution in [2.45, 2.75) is 25.4 Å². The van der Waals surface area contributed by atoms with Gasteiger partial charge in [0, 0.05) is 37.8 Å². The van der Waals surface area contributed by atoms with Crippen molar-refractivity contribution in [2.24, 2.45) is 0 Å². The van der Waals surface area contributed by atoms with Gasteiger partial charge in [0.2, 0.25) is 0 Å². The lowest BCUT2D eigenvalue weighted by Gasteiger charge is -2.37. The van der Waals surface area contributed by atoms with Crippen molar-refractivity contribution < 1.29 is 9.18 Å². The van der Waals surface area contributed by atoms with Crippen LogP contribution in [0.1, 0.15) is 24.0 Å². The number of benzene rings is 1. The molecule has 116 valence electrons. The third-order valence-electron chi connectivity index (χ3n) is 4.39. The molecule has 1 N–H and O–H groups in total. The quantitative estimate of drug-likeness (QED) is 0.924. The minimum atomic E-state index is -0.333. The fraction of sp³-hybridized carbons (Fsp3) is 0.500. The monoisotopic (exact) mass is 302 g/mol. The van der Waals surface area contributed by atoms with Crippen LogP contribution in [0.5, 0.6) is 0 Å². The molecule has 1 atom stereocenters. The molecule has 22 heavy (non-hydrogen) atoms. The van der Waals surface area contributed by atoms with Gasteiger partial charge >= 0.3 is 6.03 Å². The number of carbonyl (C=O) groups is 1. The van der Waals surface area contributed by atoms with Crippen LogP contribution in [-0.4, -0.2) is 48.1 Å². The Morgan fingerprint density at radius 2 is 2.27 bits per heavy atom. The summed E-state index contributed by atoms with van der Waals surface area (Å²) in [5, 5.41) is 11.6. The maximum atomic E-state index is 14.0. The summed E-state index contributed by atoms with van der Waals surface area (Å²) in [6.45, 7) is 3.66. The van der Waals surface area contributed by atoms with E-state index in [1.165, 1.54) is 6.07 Å². The summed E-state index contributed by atoms with van der Waals surface area (Å²) in [6.07, 6.45) is 2.01. The Morgan fingerprint density at radius 1 is 1.41 bits per heavy atom. The van der Waals surface area contributed by atoms with Crippen LogP contribution in [-0.2, 0) is 6.54 Å². The number of likely N-dealkylation sites (tertiary alicyclic amines) is 1. The number of halogens is 1. The number of hydrogen-bond acceptors (Lipinski definition) is 3. The first-order valence-corrected chi connectivity index (χ1v) is 7.63. The molecular formula is C16H19FN4O. The molecule has 2 aliphatic heterocycles. The lowest BCUT2D eigenvalue weighted by atomic mass is 10.0. The molecule has 0 radical (unpaired) electrons. The Bertz CT molecular complexity index is 613. The standard InChI is InChI=1S/C16H19FN4O/c17-15-8-12(9-18)3-4-13(15)10-20-6-1-2-14(11-20)21-7-5-19-16(21)22/h3-4,8,14H,1-2,5-7,10-11H2,(H,19,22). The van der Waals surface area contributed by atoms with Crippen molar-refractivity contribution in [1.29, 1.82) is 5.26 Å². The highest BCUT2D eigenvalue weighted by molar-refractivity contribution is 5.76. The van der Waals surface area contributed by atoms with Gasteiger partial charge in [-0.15, -0.1) is 0 Å². The van der Waals surface area contributed by atoms with Gasteiger partial charge in [-0.25, -0.2) is 9.18 Å². The second-order valence-electron chi connectivity index (χ2n) is 5.87. The molecule has 2 heterocycles. The highest BCUT2D eigenvalue weighted by Crippen LogP contribution is 2.20. The lowest BCUT2D eigenvalue weighted by Crippen LogP contribution is -2.48. The maximum absolute atomic E-state index is 14.0. The summed E-state index contributed by atoms with van der Waals surface area (Å²) in [5.41, 5.74) is 0.942. The maximum Gasteiger partial charge on any atom is 0.317 e. The van der Waals surface area contributed by atoms with Gasteiger partial charge in [-0.05, 0) is 31.5 Å². The van der Waals surface area contributed by atoms with Crippen LogP contribution in [0.15, 0.2) is 18.2 Å². The predicted molar refractivity (Wildman–Crippen MR) is 79.5 cm³/mol. The first-order chi connectivity index (χ1) is 10.7. The average molecular weight is 302 g/mol. The van der Waals surface area contributed by atoms with Gasteiger partial charge in [-0.3, -0.25) is 4.90 Å². The molecule has 5 nitrogen and oxygen atoms in total. The number of rotatable bonds is 3. The topological polar surface area (TPSA) is 59.4 Å². The van der Waals surface area contributed by atoms with Crippen molar-refractivity contribution in [2.75, 3.05) is 26.2 Å². The minimum Gasteiger partial charge on any atom is -0.336 e. The second-order valence-corrected chi connectivity index (χ2v) is 5.87. The number of hydrogen-bond donors (Lipinski definition) is 1. The summed E-state index contributed by atoms with van der Waals surface area (Å²) in [5.74, 6) is -0.333. The Hall–Kier alpha value is -2.13. The molecule has 1 aromatic carbocycles. The van der Waals surface area contributed by atoms with E-state index in [-0.39, 0.29) is 17.9 Å². The SMILES string of the molecule is N#Cc1ccc(CN2CCCC(N3CCNC3=O)C2)c(F)c1. The molecular weight excluding hydrogens is 283 g/mol. The molecule has 2 aliphatic rings. The van der Waals surface area contributed by atoms with Crippen LogP contribution < -0.4 is 5.32 Å². The van der Waals surface area contributed by atoms with Crippen molar-refractivity contribution in [3.8, 4) is 6.07 Å². The van der Waals surface area contributed by atoms with Gasteiger partial charge in [0.15, 0.2) is 0 Å². The van der Waals surface area contributed by atoms with E-state index in [1.54, 1.807) is 12.1 Å². The smallest absolute Gasteiger partial charge is 0.317 e. The van der Waals surface area contributed by atoms with Gasteiger partial charge in [0.25, 0.3) is 0 Å². The molecule has 2 fully saturated rings. The predicted octanol–water partition coefficient (Wildman–Crippen LogP) is 1.69. The van der Waals surface area contributed by atoms with E-state index in [2.05, 4.69) is 10.2 Å². The number of urea groups is 1. The van der Waals surface area contributed by atoms with Gasteiger partial charge < -0.3 is 10.2 Å². The molecule has 3 rings (SSSR count). The van der Waals surface area contributed by atoms with Crippen molar-refractivity contribution in [1.82, 2.24) is 15.1 Å². The van der Waals surface area contributed by atoms with E-state index >= 15 is 0 Å². The lowest BCUT2D eigenvalue weighted by molar-refractivity contribution is 0.121. The van der Waals surface area contributed by atoms with Crippen LogP contribution in [0.4, 0.5) is 9.18 Å². The molecule has 0 saturated carbocycles. The molecule has 0 spiro atoms. The van der Waals surface area contributed by atoms with Gasteiger partial charge in [-0.1, -0.05) is 6.07 Å². The zero-order chi connectivity index (χ0) is 15.5. The largest absolute Gasteiger partial charge is 0.336 e. The fourth-order valence-electron chi connectivity index (χ4n) is 3.25. The number of nitriles is 1. The summed E-state index contributed by atoms with van der Waals surface area (Å²) in [4.78, 5) is 15.8. The highest BCUT2D eigenvalue weighted by Gasteiger charge is 2.31. The fourth-order valence-corrected chi connectivity index (χ4v) is 3.25. The minimum absolute atomic E-state index is 0.0106. The Labute approximate surface area is 129 Å². The van der Waals surface area contributed by atoms with E-state index in [1.807, 2.05) is 11.0 Å². The van der Waals surface area contributed by atoms with Gasteiger partial charge in [0.1, 0.15) is 5.82 Å². The van der Waals surface area contributed by atoms with Crippen LogP contribution in [0.3, 0.4) is 0 Å².